The van der Waals surface area contributed by atoms with Gasteiger partial charge >= 0.3 is 6.09 Å². The Hall–Kier alpha value is -3.35. The minimum atomic E-state index is -0.987. The molecule has 1 aliphatic rings. The summed E-state index contributed by atoms with van der Waals surface area (Å²) < 4.78 is 11.8. The van der Waals surface area contributed by atoms with E-state index in [2.05, 4.69) is 12.1 Å². The molecule has 0 unspecified atom stereocenters. The standard InChI is InChI=1S/C32H39NO5/c1-23(24-11-13-25(14-12-24)26-15-17-28(18-16-26)37-22-31(4,5)36)33-20-19-32(38-29(33)34,21-30(2,3)35)27-9-7-6-8-10-27/h6-18,23,35-36H,19-22H2,1-5H3/t23-,32-/m0/s1. The highest BCUT2D eigenvalue weighted by molar-refractivity contribution is 5.70. The van der Waals surface area contributed by atoms with E-state index in [0.29, 0.717) is 25.1 Å². The van der Waals surface area contributed by atoms with Gasteiger partial charge in [-0.2, -0.15) is 0 Å². The lowest BCUT2D eigenvalue weighted by atomic mass is 9.80. The van der Waals surface area contributed by atoms with E-state index in [1.807, 2.05) is 73.7 Å². The van der Waals surface area contributed by atoms with Gasteiger partial charge in [-0.15, -0.1) is 0 Å². The topological polar surface area (TPSA) is 79.2 Å². The van der Waals surface area contributed by atoms with Crippen molar-refractivity contribution in [1.29, 1.82) is 0 Å². The molecule has 1 fully saturated rings. The van der Waals surface area contributed by atoms with E-state index in [0.717, 1.165) is 22.3 Å². The quantitative estimate of drug-likeness (QED) is 0.340. The van der Waals surface area contributed by atoms with Gasteiger partial charge in [0.05, 0.1) is 17.2 Å². The van der Waals surface area contributed by atoms with E-state index in [1.165, 1.54) is 0 Å². The number of carbonyl (C=O) groups excluding carboxylic acids is 1. The first-order valence-electron chi connectivity index (χ1n) is 13.2. The summed E-state index contributed by atoms with van der Waals surface area (Å²) in [5.41, 5.74) is 1.30. The molecule has 0 aliphatic carbocycles. The van der Waals surface area contributed by atoms with Crippen LogP contribution in [0.4, 0.5) is 4.79 Å². The van der Waals surface area contributed by atoms with Gasteiger partial charge in [0, 0.05) is 19.4 Å². The number of hydrogen-bond acceptors (Lipinski definition) is 5. The van der Waals surface area contributed by atoms with Crippen LogP contribution in [0.3, 0.4) is 0 Å². The molecule has 0 spiro atoms. The molecule has 1 heterocycles. The first kappa shape index (κ1) is 27.7. The SMILES string of the molecule is C[C@@H](c1ccc(-c2ccc(OCC(C)(C)O)cc2)cc1)N1CC[C@](CC(C)(C)O)(c2ccccc2)OC1=O. The average molecular weight is 518 g/mol. The van der Waals surface area contributed by atoms with E-state index < -0.39 is 16.8 Å². The lowest BCUT2D eigenvalue weighted by Gasteiger charge is -2.45. The Morgan fingerprint density at radius 3 is 2.00 bits per heavy atom. The van der Waals surface area contributed by atoms with Crippen LogP contribution in [0.1, 0.15) is 64.6 Å². The molecule has 6 nitrogen and oxygen atoms in total. The highest BCUT2D eigenvalue weighted by atomic mass is 16.6. The summed E-state index contributed by atoms with van der Waals surface area (Å²) in [6, 6.07) is 25.5. The molecule has 1 amide bonds. The number of hydrogen-bond donors (Lipinski definition) is 2. The molecule has 3 aromatic carbocycles. The molecule has 0 bridgehead atoms. The fraction of sp³-hybridized carbons (Fsp3) is 0.406. The number of carbonyl (C=O) groups is 1. The van der Waals surface area contributed by atoms with Crippen LogP contribution in [0, 0.1) is 0 Å². The third kappa shape index (κ3) is 6.74. The molecule has 4 rings (SSSR count). The minimum absolute atomic E-state index is 0.162. The van der Waals surface area contributed by atoms with Gasteiger partial charge in [0.15, 0.2) is 0 Å². The number of amides is 1. The summed E-state index contributed by atoms with van der Waals surface area (Å²) in [5, 5.41) is 20.5. The van der Waals surface area contributed by atoms with Crippen LogP contribution in [-0.2, 0) is 10.3 Å². The van der Waals surface area contributed by atoms with Crippen molar-refractivity contribution in [2.75, 3.05) is 13.2 Å². The van der Waals surface area contributed by atoms with Crippen LogP contribution >= 0.6 is 0 Å². The smallest absolute Gasteiger partial charge is 0.411 e. The molecule has 2 atom stereocenters. The molecule has 38 heavy (non-hydrogen) atoms. The molecule has 0 radical (unpaired) electrons. The van der Waals surface area contributed by atoms with Gasteiger partial charge in [0.1, 0.15) is 18.0 Å². The van der Waals surface area contributed by atoms with Crippen LogP contribution in [0.2, 0.25) is 0 Å². The van der Waals surface area contributed by atoms with Gasteiger partial charge in [0.25, 0.3) is 0 Å². The van der Waals surface area contributed by atoms with Crippen LogP contribution in [-0.4, -0.2) is 45.6 Å². The second kappa shape index (κ2) is 10.8. The number of ether oxygens (including phenoxy) is 2. The first-order chi connectivity index (χ1) is 17.9. The summed E-state index contributed by atoms with van der Waals surface area (Å²) >= 11 is 0. The van der Waals surface area contributed by atoms with Crippen LogP contribution in [0.15, 0.2) is 78.9 Å². The lowest BCUT2D eigenvalue weighted by Crippen LogP contribution is -2.51. The summed E-state index contributed by atoms with van der Waals surface area (Å²) in [6.07, 6.45) is 0.549. The minimum Gasteiger partial charge on any atom is -0.491 e. The number of rotatable bonds is 9. The van der Waals surface area contributed by atoms with E-state index in [-0.39, 0.29) is 18.7 Å². The van der Waals surface area contributed by atoms with Gasteiger partial charge in [-0.05, 0) is 69.0 Å². The molecule has 1 aliphatic heterocycles. The number of nitrogens with zero attached hydrogens (tertiary/aromatic N) is 1. The number of cyclic esters (lactones) is 1. The summed E-state index contributed by atoms with van der Waals surface area (Å²) in [4.78, 5) is 15.1. The first-order valence-corrected chi connectivity index (χ1v) is 13.2. The zero-order chi connectivity index (χ0) is 27.6. The molecule has 0 saturated carbocycles. The highest BCUT2D eigenvalue weighted by Crippen LogP contribution is 2.42. The summed E-state index contributed by atoms with van der Waals surface area (Å²) in [6.45, 7) is 9.68. The molecule has 6 heteroatoms. The molecule has 2 N–H and O–H groups in total. The van der Waals surface area contributed by atoms with Crippen molar-refractivity contribution in [3.8, 4) is 16.9 Å². The summed E-state index contributed by atoms with van der Waals surface area (Å²) in [5.74, 6) is 0.709. The van der Waals surface area contributed by atoms with Crippen molar-refractivity contribution in [3.63, 3.8) is 0 Å². The lowest BCUT2D eigenvalue weighted by molar-refractivity contribution is -0.101. The van der Waals surface area contributed by atoms with Gasteiger partial charge in [-0.25, -0.2) is 4.79 Å². The largest absolute Gasteiger partial charge is 0.491 e. The maximum atomic E-state index is 13.3. The van der Waals surface area contributed by atoms with E-state index >= 15 is 0 Å². The zero-order valence-electron chi connectivity index (χ0n) is 23.0. The predicted molar refractivity (Wildman–Crippen MR) is 149 cm³/mol. The molecular formula is C32H39NO5. The van der Waals surface area contributed by atoms with Crippen molar-refractivity contribution in [2.45, 2.75) is 70.3 Å². The maximum absolute atomic E-state index is 13.3. The van der Waals surface area contributed by atoms with Crippen LogP contribution in [0.25, 0.3) is 11.1 Å². The molecular weight excluding hydrogens is 478 g/mol. The van der Waals surface area contributed by atoms with Crippen molar-refractivity contribution in [1.82, 2.24) is 4.90 Å². The van der Waals surface area contributed by atoms with E-state index in [1.54, 1.807) is 32.6 Å². The Kier molecular flexibility index (Phi) is 7.86. The number of benzene rings is 3. The van der Waals surface area contributed by atoms with Gasteiger partial charge in [-0.1, -0.05) is 66.7 Å². The van der Waals surface area contributed by atoms with E-state index in [9.17, 15) is 15.0 Å². The van der Waals surface area contributed by atoms with Crippen molar-refractivity contribution < 1.29 is 24.5 Å². The third-order valence-electron chi connectivity index (χ3n) is 6.93. The second-order valence-electron chi connectivity index (χ2n) is 11.6. The predicted octanol–water partition coefficient (Wildman–Crippen LogP) is 6.46. The second-order valence-corrected chi connectivity index (χ2v) is 11.6. The third-order valence-corrected chi connectivity index (χ3v) is 6.93. The van der Waals surface area contributed by atoms with Gasteiger partial charge in [-0.3, -0.25) is 0 Å². The Balaban J connectivity index is 1.45. The van der Waals surface area contributed by atoms with Crippen molar-refractivity contribution >= 4 is 6.09 Å². The summed E-state index contributed by atoms with van der Waals surface area (Å²) in [7, 11) is 0. The Morgan fingerprint density at radius 2 is 1.47 bits per heavy atom. The monoisotopic (exact) mass is 517 g/mol. The van der Waals surface area contributed by atoms with Gasteiger partial charge < -0.3 is 24.6 Å². The molecule has 3 aromatic rings. The zero-order valence-corrected chi connectivity index (χ0v) is 23.0. The fourth-order valence-electron chi connectivity index (χ4n) is 5.03. The normalized spacial score (nSPS) is 19.1. The molecule has 202 valence electrons. The van der Waals surface area contributed by atoms with Gasteiger partial charge in [0.2, 0.25) is 0 Å². The number of aliphatic hydroxyl groups is 2. The van der Waals surface area contributed by atoms with E-state index in [4.69, 9.17) is 9.47 Å². The molecule has 0 aromatic heterocycles. The van der Waals surface area contributed by atoms with Crippen molar-refractivity contribution in [3.05, 3.63) is 90.0 Å². The van der Waals surface area contributed by atoms with Crippen molar-refractivity contribution in [2.24, 2.45) is 0 Å². The Bertz CT molecular complexity index is 1210. The van der Waals surface area contributed by atoms with Crippen LogP contribution in [0.5, 0.6) is 5.75 Å². The fourth-order valence-corrected chi connectivity index (χ4v) is 5.03. The average Bonchev–Trinajstić information content (AvgIpc) is 2.87. The van der Waals surface area contributed by atoms with Crippen LogP contribution < -0.4 is 4.74 Å². The highest BCUT2D eigenvalue weighted by Gasteiger charge is 2.46. The maximum Gasteiger partial charge on any atom is 0.411 e. The Morgan fingerprint density at radius 1 is 0.895 bits per heavy atom. The molecule has 1 saturated heterocycles. The Labute approximate surface area is 225 Å².